The highest BCUT2D eigenvalue weighted by Gasteiger charge is 2.26. The summed E-state index contributed by atoms with van der Waals surface area (Å²) in [5, 5.41) is 26.5. The number of pyridine rings is 2. The molecule has 0 saturated carbocycles. The molecule has 5 aromatic carbocycles. The summed E-state index contributed by atoms with van der Waals surface area (Å²) in [5.74, 6) is 0. The molecule has 0 bridgehead atoms. The molecule has 10 aromatic rings. The second-order valence-corrected chi connectivity index (χ2v) is 12.1. The Bertz CT molecular complexity index is 3010. The first kappa shape index (κ1) is 26.2. The minimum Gasteiger partial charge on any atom is -0.309 e. The van der Waals surface area contributed by atoms with Gasteiger partial charge in [0.2, 0.25) is 0 Å². The van der Waals surface area contributed by atoms with Crippen LogP contribution in [0, 0.1) is 22.7 Å². The summed E-state index contributed by atoms with van der Waals surface area (Å²) in [6.07, 6.45) is 1.67. The topological polar surface area (TPSA) is 82.7 Å². The van der Waals surface area contributed by atoms with Crippen molar-refractivity contribution >= 4 is 59.9 Å². The largest absolute Gasteiger partial charge is 0.309 e. The fourth-order valence-electron chi connectivity index (χ4n) is 7.62. The Kier molecular flexibility index (Phi) is 5.32. The van der Waals surface area contributed by atoms with E-state index in [2.05, 4.69) is 129 Å². The summed E-state index contributed by atoms with van der Waals surface area (Å²) in [4.78, 5) is 9.14. The van der Waals surface area contributed by atoms with Crippen molar-refractivity contribution in [3.05, 3.63) is 145 Å². The first-order valence-corrected chi connectivity index (χ1v) is 15.7. The predicted octanol–water partition coefficient (Wildman–Crippen LogP) is 9.80. The van der Waals surface area contributed by atoms with Crippen LogP contribution in [0.25, 0.3) is 88.0 Å². The van der Waals surface area contributed by atoms with E-state index in [0.717, 1.165) is 49.8 Å². The molecule has 0 fully saturated rings. The lowest BCUT2D eigenvalue weighted by Gasteiger charge is -2.10. The second-order valence-electron chi connectivity index (χ2n) is 12.1. The SMILES string of the molecule is N#Cc1ccc(-c2cc(C#N)nc(-c3cccc4c5c6c(cc7c8ccccc8n(c34)c75)c3ccccc3n6-c3ccccc3)c2)cn1. The zero-order valence-electron chi connectivity index (χ0n) is 25.4. The van der Waals surface area contributed by atoms with E-state index >= 15 is 0 Å². The number of hydrogen-bond donors (Lipinski definition) is 0. The molecule has 0 spiro atoms. The van der Waals surface area contributed by atoms with Crippen molar-refractivity contribution in [1.82, 2.24) is 18.9 Å². The smallest absolute Gasteiger partial charge is 0.141 e. The normalized spacial score (nSPS) is 11.7. The van der Waals surface area contributed by atoms with Gasteiger partial charge in [0, 0.05) is 55.3 Å². The van der Waals surface area contributed by atoms with Gasteiger partial charge >= 0.3 is 0 Å². The van der Waals surface area contributed by atoms with Crippen molar-refractivity contribution in [3.8, 4) is 40.2 Å². The summed E-state index contributed by atoms with van der Waals surface area (Å²) >= 11 is 0. The van der Waals surface area contributed by atoms with Gasteiger partial charge in [0.25, 0.3) is 0 Å². The molecule has 0 N–H and O–H groups in total. The van der Waals surface area contributed by atoms with Crippen LogP contribution in [0.15, 0.2) is 134 Å². The van der Waals surface area contributed by atoms with Gasteiger partial charge in [-0.15, -0.1) is 0 Å². The van der Waals surface area contributed by atoms with Gasteiger partial charge in [0.05, 0.1) is 33.3 Å². The van der Waals surface area contributed by atoms with E-state index < -0.39 is 0 Å². The number of benzene rings is 5. The Labute approximate surface area is 273 Å². The highest BCUT2D eigenvalue weighted by Crippen LogP contribution is 2.48. The number of nitriles is 2. The van der Waals surface area contributed by atoms with Gasteiger partial charge in [0.15, 0.2) is 0 Å². The second kappa shape index (κ2) is 9.74. The predicted molar refractivity (Wildman–Crippen MR) is 191 cm³/mol. The van der Waals surface area contributed by atoms with Crippen LogP contribution >= 0.6 is 0 Å². The van der Waals surface area contributed by atoms with Crippen LogP contribution in [0.4, 0.5) is 0 Å². The van der Waals surface area contributed by atoms with Crippen LogP contribution in [0.2, 0.25) is 0 Å². The molecule has 0 atom stereocenters. The van der Waals surface area contributed by atoms with Crippen molar-refractivity contribution in [2.45, 2.75) is 0 Å². The number of para-hydroxylation sites is 4. The molecule has 0 aliphatic heterocycles. The Morgan fingerprint density at radius 1 is 0.521 bits per heavy atom. The fraction of sp³-hybridized carbons (Fsp3) is 0. The van der Waals surface area contributed by atoms with E-state index in [0.29, 0.717) is 17.1 Å². The van der Waals surface area contributed by atoms with E-state index in [1.807, 2.05) is 12.1 Å². The summed E-state index contributed by atoms with van der Waals surface area (Å²) in [5.41, 5.74) is 10.7. The van der Waals surface area contributed by atoms with Crippen LogP contribution < -0.4 is 0 Å². The van der Waals surface area contributed by atoms with Gasteiger partial charge in [-0.2, -0.15) is 10.5 Å². The highest BCUT2D eigenvalue weighted by molar-refractivity contribution is 6.35. The zero-order chi connectivity index (χ0) is 31.9. The maximum atomic E-state index is 10.1. The average Bonchev–Trinajstić information content (AvgIpc) is 3.79. The van der Waals surface area contributed by atoms with Crippen molar-refractivity contribution in [3.63, 3.8) is 0 Å². The molecule has 6 nitrogen and oxygen atoms in total. The minimum atomic E-state index is 0.314. The molecule has 6 heteroatoms. The molecule has 220 valence electrons. The maximum absolute atomic E-state index is 10.1. The molecular weight excluding hydrogens is 589 g/mol. The molecule has 0 aliphatic rings. The summed E-state index contributed by atoms with van der Waals surface area (Å²) in [6.45, 7) is 0. The van der Waals surface area contributed by atoms with E-state index in [4.69, 9.17) is 4.98 Å². The van der Waals surface area contributed by atoms with Crippen LogP contribution in [0.3, 0.4) is 0 Å². The Hall–Kier alpha value is -7.02. The number of aromatic nitrogens is 4. The van der Waals surface area contributed by atoms with Crippen LogP contribution in [-0.2, 0) is 0 Å². The number of hydrogen-bond acceptors (Lipinski definition) is 4. The summed E-state index contributed by atoms with van der Waals surface area (Å²) < 4.78 is 4.79. The number of nitrogens with zero attached hydrogens (tertiary/aromatic N) is 6. The molecule has 5 heterocycles. The number of fused-ring (bicyclic) bond motifs is 10. The molecule has 0 saturated heterocycles. The summed E-state index contributed by atoms with van der Waals surface area (Å²) in [7, 11) is 0. The van der Waals surface area contributed by atoms with Crippen molar-refractivity contribution < 1.29 is 0 Å². The van der Waals surface area contributed by atoms with Gasteiger partial charge in [-0.05, 0) is 60.2 Å². The molecule has 5 aromatic heterocycles. The molecule has 48 heavy (non-hydrogen) atoms. The monoisotopic (exact) mass is 610 g/mol. The standard InChI is InChI=1S/C42H22N6/c43-22-27-18-17-25(24-45-27)26-19-28(23-44)46-36(20-26)32-13-8-14-33-39-41-34(21-35-31-12-5-7-16-38(31)48(40(32)33)42(35)39)30-11-4-6-15-37(30)47(41)29-9-2-1-3-10-29/h1-21,24H. The minimum absolute atomic E-state index is 0.314. The van der Waals surface area contributed by atoms with Crippen LogP contribution in [-0.4, -0.2) is 18.9 Å². The zero-order valence-corrected chi connectivity index (χ0v) is 25.4. The first-order chi connectivity index (χ1) is 23.7. The van der Waals surface area contributed by atoms with Crippen LogP contribution in [0.5, 0.6) is 0 Å². The van der Waals surface area contributed by atoms with Crippen LogP contribution in [0.1, 0.15) is 11.4 Å². The Morgan fingerprint density at radius 2 is 1.23 bits per heavy atom. The highest BCUT2D eigenvalue weighted by atomic mass is 15.0. The van der Waals surface area contributed by atoms with Crippen molar-refractivity contribution in [2.75, 3.05) is 0 Å². The third-order valence-electron chi connectivity index (χ3n) is 9.56. The lowest BCUT2D eigenvalue weighted by molar-refractivity contribution is 1.19. The number of rotatable bonds is 3. The van der Waals surface area contributed by atoms with Gasteiger partial charge < -0.3 is 8.97 Å². The van der Waals surface area contributed by atoms with Gasteiger partial charge in [0.1, 0.15) is 23.5 Å². The lowest BCUT2D eigenvalue weighted by atomic mass is 9.99. The molecule has 0 aliphatic carbocycles. The average molecular weight is 611 g/mol. The van der Waals surface area contributed by atoms with E-state index in [-0.39, 0.29) is 0 Å². The summed E-state index contributed by atoms with van der Waals surface area (Å²) in [6, 6.07) is 48.3. The van der Waals surface area contributed by atoms with E-state index in [9.17, 15) is 10.5 Å². The third kappa shape index (κ3) is 3.49. The maximum Gasteiger partial charge on any atom is 0.141 e. The molecule has 0 amide bonds. The first-order valence-electron chi connectivity index (χ1n) is 15.7. The molecular formula is C42H22N6. The molecule has 10 rings (SSSR count). The quantitative estimate of drug-likeness (QED) is 0.199. The van der Waals surface area contributed by atoms with Crippen molar-refractivity contribution in [1.29, 1.82) is 10.5 Å². The fourth-order valence-corrected chi connectivity index (χ4v) is 7.62. The van der Waals surface area contributed by atoms with Gasteiger partial charge in [-0.3, -0.25) is 0 Å². The van der Waals surface area contributed by atoms with Gasteiger partial charge in [-0.1, -0.05) is 72.8 Å². The van der Waals surface area contributed by atoms with Gasteiger partial charge in [-0.25, -0.2) is 9.97 Å². The third-order valence-corrected chi connectivity index (χ3v) is 9.56. The Balaban J connectivity index is 1.40. The van der Waals surface area contributed by atoms with E-state index in [1.54, 1.807) is 18.3 Å². The lowest BCUT2D eigenvalue weighted by Crippen LogP contribution is -1.94. The Morgan fingerprint density at radius 3 is 2.00 bits per heavy atom. The van der Waals surface area contributed by atoms with E-state index in [1.165, 1.54) is 32.4 Å². The van der Waals surface area contributed by atoms with Crippen molar-refractivity contribution in [2.24, 2.45) is 0 Å². The molecule has 0 unspecified atom stereocenters. The molecule has 0 radical (unpaired) electrons.